The first-order chi connectivity index (χ1) is 21.7. The zero-order valence-corrected chi connectivity index (χ0v) is 27.6. The number of primary amides is 1. The van der Waals surface area contributed by atoms with Gasteiger partial charge in [-0.3, -0.25) is 24.2 Å². The Kier molecular flexibility index (Phi) is 15.4. The number of ketones is 2. The number of hydrogen-bond acceptors (Lipinski definition) is 8. The number of benzene rings is 1. The maximum absolute atomic E-state index is 14.0. The van der Waals surface area contributed by atoms with Crippen molar-refractivity contribution in [3.05, 3.63) is 47.0 Å². The number of H-pyrrole nitrogens is 1. The second-order valence-electron chi connectivity index (χ2n) is 12.6. The summed E-state index contributed by atoms with van der Waals surface area (Å²) in [7, 11) is 0. The molecule has 0 aliphatic rings. The molecule has 2 amide bonds. The van der Waals surface area contributed by atoms with Crippen molar-refractivity contribution in [2.45, 2.75) is 97.6 Å². The van der Waals surface area contributed by atoms with E-state index in [4.69, 9.17) is 22.9 Å². The van der Waals surface area contributed by atoms with Crippen LogP contribution in [0.15, 0.2) is 29.6 Å². The number of nitrogens with two attached hydrogens (primary N) is 4. The Hall–Kier alpha value is -4.26. The Labute approximate surface area is 271 Å². The number of aryl methyl sites for hydroxylation is 2. The van der Waals surface area contributed by atoms with Gasteiger partial charge in [-0.25, -0.2) is 4.98 Å². The van der Waals surface area contributed by atoms with Gasteiger partial charge in [0.05, 0.1) is 18.4 Å². The largest absolute Gasteiger partial charge is 0.508 e. The molecule has 0 aliphatic carbocycles. The van der Waals surface area contributed by atoms with Gasteiger partial charge in [-0.05, 0) is 74.3 Å². The van der Waals surface area contributed by atoms with Gasteiger partial charge in [-0.1, -0.05) is 26.7 Å². The molecule has 1 aromatic heterocycles. The van der Waals surface area contributed by atoms with Gasteiger partial charge in [0.2, 0.25) is 11.8 Å². The summed E-state index contributed by atoms with van der Waals surface area (Å²) in [6.07, 6.45) is 5.98. The molecule has 0 radical (unpaired) electrons. The highest BCUT2D eigenvalue weighted by molar-refractivity contribution is 5.94. The van der Waals surface area contributed by atoms with Crippen LogP contribution in [0.25, 0.3) is 0 Å². The van der Waals surface area contributed by atoms with E-state index in [9.17, 15) is 24.3 Å². The highest BCUT2D eigenvalue weighted by Crippen LogP contribution is 2.26. The molecule has 0 saturated heterocycles. The van der Waals surface area contributed by atoms with Crippen LogP contribution >= 0.6 is 0 Å². The Morgan fingerprint density at radius 2 is 1.59 bits per heavy atom. The molecule has 0 fully saturated rings. The standard InChI is InChI=1S/C33H52N8O5/c1-19(2)7-5-8-22(31(35)45)14-30(44)28(16-24-17-38-18-40-24)41-32(46)23(13-26-20(3)11-25(42)12-21(26)4)15-29(43)27(34)9-6-10-39-33(36)37/h11-12,17-19,22-23,27-28,42H,5-10,13-16,34H2,1-4H3,(H2,35,45)(H,38,40)(H,41,46)(H4,36,37,39)/t22-,23-,27-,28+/m1/s1. The van der Waals surface area contributed by atoms with Crippen LogP contribution in [0.5, 0.6) is 5.75 Å². The molecule has 4 atom stereocenters. The van der Waals surface area contributed by atoms with Gasteiger partial charge >= 0.3 is 0 Å². The average Bonchev–Trinajstić information content (AvgIpc) is 3.48. The molecular weight excluding hydrogens is 588 g/mol. The van der Waals surface area contributed by atoms with Crippen molar-refractivity contribution < 1.29 is 24.3 Å². The quantitative estimate of drug-likeness (QED) is 0.0597. The number of aliphatic imine (C=N–C) groups is 1. The molecule has 13 nitrogen and oxygen atoms in total. The van der Waals surface area contributed by atoms with Gasteiger partial charge in [-0.15, -0.1) is 0 Å². The minimum Gasteiger partial charge on any atom is -0.508 e. The van der Waals surface area contributed by atoms with Gasteiger partial charge in [0, 0.05) is 49.5 Å². The van der Waals surface area contributed by atoms with Crippen molar-refractivity contribution in [1.82, 2.24) is 15.3 Å². The smallest absolute Gasteiger partial charge is 0.224 e. The molecule has 1 aromatic carbocycles. The predicted molar refractivity (Wildman–Crippen MR) is 178 cm³/mol. The van der Waals surface area contributed by atoms with Crippen molar-refractivity contribution >= 4 is 29.3 Å². The Morgan fingerprint density at radius 1 is 0.935 bits per heavy atom. The van der Waals surface area contributed by atoms with E-state index in [0.717, 1.165) is 29.5 Å². The third kappa shape index (κ3) is 13.0. The van der Waals surface area contributed by atoms with Crippen LogP contribution in [0.3, 0.4) is 0 Å². The lowest BCUT2D eigenvalue weighted by Crippen LogP contribution is -2.47. The van der Waals surface area contributed by atoms with E-state index in [1.165, 1.54) is 6.33 Å². The van der Waals surface area contributed by atoms with E-state index >= 15 is 0 Å². The number of aromatic hydroxyl groups is 1. The lowest BCUT2D eigenvalue weighted by molar-refractivity contribution is -0.133. The number of rotatable bonds is 21. The fourth-order valence-electron chi connectivity index (χ4n) is 5.52. The zero-order valence-electron chi connectivity index (χ0n) is 27.6. The van der Waals surface area contributed by atoms with Crippen molar-refractivity contribution in [2.24, 2.45) is 45.7 Å². The van der Waals surface area contributed by atoms with Crippen LogP contribution in [-0.2, 0) is 32.0 Å². The number of nitrogens with one attached hydrogen (secondary N) is 2. The van der Waals surface area contributed by atoms with Gasteiger partial charge in [-0.2, -0.15) is 0 Å². The number of Topliss-reactive ketones (excluding diaryl/α,β-unsaturated/α-hetero) is 2. The van der Waals surface area contributed by atoms with Gasteiger partial charge in [0.25, 0.3) is 0 Å². The number of aromatic nitrogens is 2. The molecule has 0 bridgehead atoms. The third-order valence-corrected chi connectivity index (χ3v) is 8.20. The molecule has 254 valence electrons. The molecule has 2 aromatic rings. The van der Waals surface area contributed by atoms with Crippen molar-refractivity contribution in [2.75, 3.05) is 6.54 Å². The van der Waals surface area contributed by atoms with Gasteiger partial charge in [0.15, 0.2) is 11.7 Å². The third-order valence-electron chi connectivity index (χ3n) is 8.20. The Bertz CT molecular complexity index is 1310. The number of hydrogen-bond donors (Lipinski definition) is 7. The first-order valence-electron chi connectivity index (χ1n) is 15.9. The SMILES string of the molecule is Cc1cc(O)cc(C)c1C[C@H](CC(=O)[C@H](N)CCCN=C(N)N)C(=O)N[C@@H](Cc1cnc[nH]1)C(=O)C[C@@H](CCCC(C)C)C(N)=O. The number of carbonyl (C=O) groups is 4. The van der Waals surface area contributed by atoms with Crippen LogP contribution in [-0.4, -0.2) is 63.0 Å². The van der Waals surface area contributed by atoms with Crippen LogP contribution < -0.4 is 28.3 Å². The Balaban J connectivity index is 2.32. The lowest BCUT2D eigenvalue weighted by Gasteiger charge is -2.25. The number of guanidine groups is 1. The number of phenols is 1. The summed E-state index contributed by atoms with van der Waals surface area (Å²) in [5.41, 5.74) is 25.6. The molecule has 1 heterocycles. The summed E-state index contributed by atoms with van der Waals surface area (Å²) >= 11 is 0. The van der Waals surface area contributed by atoms with Crippen molar-refractivity contribution in [3.63, 3.8) is 0 Å². The van der Waals surface area contributed by atoms with Crippen molar-refractivity contribution in [1.29, 1.82) is 0 Å². The fourth-order valence-corrected chi connectivity index (χ4v) is 5.52. The molecule has 0 spiro atoms. The van der Waals surface area contributed by atoms with Gasteiger partial charge < -0.3 is 38.3 Å². The minimum atomic E-state index is -0.993. The maximum atomic E-state index is 14.0. The first-order valence-corrected chi connectivity index (χ1v) is 15.9. The lowest BCUT2D eigenvalue weighted by atomic mass is 9.86. The number of aromatic amines is 1. The van der Waals surface area contributed by atoms with Crippen molar-refractivity contribution in [3.8, 4) is 5.75 Å². The van der Waals surface area contributed by atoms with E-state index in [1.54, 1.807) is 18.3 Å². The second-order valence-corrected chi connectivity index (χ2v) is 12.6. The number of nitrogens with zero attached hydrogens (tertiary/aromatic N) is 2. The minimum absolute atomic E-state index is 0.0480. The number of amides is 2. The van der Waals surface area contributed by atoms with Crippen LogP contribution in [0.1, 0.15) is 81.2 Å². The summed E-state index contributed by atoms with van der Waals surface area (Å²) in [6, 6.07) is 1.37. The summed E-state index contributed by atoms with van der Waals surface area (Å²) in [5, 5.41) is 12.9. The second kappa shape index (κ2) is 18.6. The van der Waals surface area contributed by atoms with E-state index < -0.39 is 35.7 Å². The van der Waals surface area contributed by atoms with E-state index in [0.29, 0.717) is 37.4 Å². The van der Waals surface area contributed by atoms with Crippen LogP contribution in [0.4, 0.5) is 0 Å². The highest BCUT2D eigenvalue weighted by Gasteiger charge is 2.32. The molecule has 11 N–H and O–H groups in total. The molecule has 0 unspecified atom stereocenters. The van der Waals surface area contributed by atoms with E-state index in [1.807, 2.05) is 13.8 Å². The van der Waals surface area contributed by atoms with Crippen LogP contribution in [0, 0.1) is 31.6 Å². The fraction of sp³-hybridized carbons (Fsp3) is 0.576. The monoisotopic (exact) mass is 640 g/mol. The topological polar surface area (TPSA) is 246 Å². The normalized spacial score (nSPS) is 13.9. The molecule has 0 saturated carbocycles. The summed E-state index contributed by atoms with van der Waals surface area (Å²) in [4.78, 5) is 64.1. The molecule has 46 heavy (non-hydrogen) atoms. The van der Waals surface area contributed by atoms with E-state index in [2.05, 4.69) is 34.1 Å². The molecule has 2 rings (SSSR count). The number of imidazole rings is 1. The number of phenolic OH excluding ortho intramolecular Hbond substituents is 1. The van der Waals surface area contributed by atoms with Crippen LogP contribution in [0.2, 0.25) is 0 Å². The molecular formula is C33H52N8O5. The Morgan fingerprint density at radius 3 is 2.15 bits per heavy atom. The number of carbonyl (C=O) groups excluding carboxylic acids is 4. The highest BCUT2D eigenvalue weighted by atomic mass is 16.3. The van der Waals surface area contributed by atoms with E-state index in [-0.39, 0.29) is 49.0 Å². The summed E-state index contributed by atoms with van der Waals surface area (Å²) < 4.78 is 0. The predicted octanol–water partition coefficient (Wildman–Crippen LogP) is 1.85. The molecule has 0 aliphatic heterocycles. The van der Waals surface area contributed by atoms with Gasteiger partial charge in [0.1, 0.15) is 11.5 Å². The zero-order chi connectivity index (χ0) is 34.4. The maximum Gasteiger partial charge on any atom is 0.224 e. The first kappa shape index (κ1) is 37.9. The average molecular weight is 641 g/mol. The summed E-state index contributed by atoms with van der Waals surface area (Å²) in [6.45, 7) is 8.13. The molecule has 13 heteroatoms. The summed E-state index contributed by atoms with van der Waals surface area (Å²) in [5.74, 6) is -2.74.